The maximum Gasteiger partial charge on any atom is 0.315 e. The van der Waals surface area contributed by atoms with Gasteiger partial charge in [0.1, 0.15) is 6.17 Å². The number of hydrogen-bond acceptors (Lipinski definition) is 8. The van der Waals surface area contributed by atoms with Gasteiger partial charge in [-0.25, -0.2) is 24.1 Å². The van der Waals surface area contributed by atoms with Gasteiger partial charge in [0.05, 0.1) is 22.4 Å². The second-order valence-electron chi connectivity index (χ2n) is 8.33. The molecule has 0 radical (unpaired) electrons. The highest BCUT2D eigenvalue weighted by Gasteiger charge is 2.20. The van der Waals surface area contributed by atoms with E-state index in [4.69, 9.17) is 0 Å². The summed E-state index contributed by atoms with van der Waals surface area (Å²) in [6, 6.07) is 1.77. The molecule has 1 unspecified atom stereocenters. The molecule has 3 rings (SSSR count). The zero-order valence-electron chi connectivity index (χ0n) is 19.9. The highest BCUT2D eigenvalue weighted by Crippen LogP contribution is 2.33. The molecule has 11 heteroatoms. The van der Waals surface area contributed by atoms with Crippen molar-refractivity contribution in [1.29, 1.82) is 0 Å². The number of carbonyl (C=O) groups excluding carboxylic acids is 1. The molecular weight excluding hydrogens is 457 g/mol. The van der Waals surface area contributed by atoms with Crippen molar-refractivity contribution < 1.29 is 14.3 Å². The van der Waals surface area contributed by atoms with E-state index in [1.807, 2.05) is 26.8 Å². The lowest BCUT2D eigenvalue weighted by Gasteiger charge is -2.20. The van der Waals surface area contributed by atoms with Crippen LogP contribution in [0.15, 0.2) is 30.0 Å². The summed E-state index contributed by atoms with van der Waals surface area (Å²) in [5.74, 6) is 0.347. The third-order valence-electron chi connectivity index (χ3n) is 4.82. The molecule has 0 saturated carbocycles. The monoisotopic (exact) mass is 489 g/mol. The number of halogens is 1. The maximum absolute atomic E-state index is 14.2. The number of rotatable bonds is 10. The summed E-state index contributed by atoms with van der Waals surface area (Å²) in [6.07, 6.45) is 3.39. The van der Waals surface area contributed by atoms with Crippen LogP contribution >= 0.6 is 11.3 Å². The quantitative estimate of drug-likeness (QED) is 0.345. The van der Waals surface area contributed by atoms with Crippen LogP contribution in [-0.2, 0) is 0 Å². The van der Waals surface area contributed by atoms with E-state index in [1.165, 1.54) is 17.4 Å². The van der Waals surface area contributed by atoms with Gasteiger partial charge in [-0.05, 0) is 45.4 Å². The molecule has 9 nitrogen and oxygen atoms in total. The van der Waals surface area contributed by atoms with Crippen LogP contribution in [0.4, 0.5) is 20.3 Å². The van der Waals surface area contributed by atoms with Gasteiger partial charge in [0.15, 0.2) is 5.13 Å². The molecule has 2 aromatic rings. The minimum absolute atomic E-state index is 0.164. The fraction of sp³-hybridized carbons (Fsp3) is 0.478. The highest BCUT2D eigenvalue weighted by atomic mass is 32.1. The number of carbonyl (C=O) groups is 1. The number of nitrogens with zero attached hydrogens (tertiary/aromatic N) is 3. The van der Waals surface area contributed by atoms with E-state index in [1.54, 1.807) is 19.2 Å². The Morgan fingerprint density at radius 1 is 1.26 bits per heavy atom. The number of alkyl halides is 1. The normalized spacial score (nSPS) is 16.5. The number of anilines is 2. The standard InChI is InChI=1S/C23H32FN7O2S/c1-5-25-22(33)27-11-15-8-16(24)6-7-17(15)18-9-19(31-21(30-18)26-10-14(4)32)20-12-28-23(34-20)29-13(2)3/h6-7,9,12-14,16,32H,5,8,10-11H2,1-4H3,(H,28,29)(H2,25,27,33)(H,26,30,31)/t14-,16?/m1/s1. The molecule has 0 fully saturated rings. The first-order valence-corrected chi connectivity index (χ1v) is 12.2. The Bertz CT molecular complexity index is 1050. The Morgan fingerprint density at radius 2 is 2.03 bits per heavy atom. The second-order valence-corrected chi connectivity index (χ2v) is 9.36. The van der Waals surface area contributed by atoms with Crippen molar-refractivity contribution in [2.45, 2.75) is 52.4 Å². The molecule has 2 atom stereocenters. The third-order valence-corrected chi connectivity index (χ3v) is 5.77. The minimum atomic E-state index is -1.13. The minimum Gasteiger partial charge on any atom is -0.392 e. The molecule has 0 bridgehead atoms. The van der Waals surface area contributed by atoms with E-state index in [0.29, 0.717) is 23.9 Å². The molecule has 1 aliphatic carbocycles. The van der Waals surface area contributed by atoms with Gasteiger partial charge in [-0.2, -0.15) is 0 Å². The van der Waals surface area contributed by atoms with Crippen molar-refractivity contribution in [3.63, 3.8) is 0 Å². The number of amides is 2. The molecule has 0 aromatic carbocycles. The van der Waals surface area contributed by atoms with E-state index in [0.717, 1.165) is 21.2 Å². The summed E-state index contributed by atoms with van der Waals surface area (Å²) in [5, 5.41) is 22.3. The summed E-state index contributed by atoms with van der Waals surface area (Å²) < 4.78 is 14.2. The van der Waals surface area contributed by atoms with E-state index < -0.39 is 12.3 Å². The number of aliphatic hydroxyl groups is 1. The molecule has 0 saturated heterocycles. The second kappa shape index (κ2) is 11.9. The number of allylic oxidation sites excluding steroid dienone is 3. The number of aliphatic hydroxyl groups excluding tert-OH is 1. The lowest BCUT2D eigenvalue weighted by molar-refractivity contribution is 0.208. The van der Waals surface area contributed by atoms with Gasteiger partial charge in [0.2, 0.25) is 5.95 Å². The summed E-state index contributed by atoms with van der Waals surface area (Å²) in [7, 11) is 0. The van der Waals surface area contributed by atoms with Crippen molar-refractivity contribution in [1.82, 2.24) is 25.6 Å². The van der Waals surface area contributed by atoms with E-state index >= 15 is 0 Å². The fourth-order valence-corrected chi connectivity index (χ4v) is 4.23. The molecule has 184 valence electrons. The summed E-state index contributed by atoms with van der Waals surface area (Å²) in [5.41, 5.74) is 2.73. The van der Waals surface area contributed by atoms with Gasteiger partial charge in [-0.3, -0.25) is 0 Å². The van der Waals surface area contributed by atoms with E-state index in [2.05, 4.69) is 36.2 Å². The Kier molecular flexibility index (Phi) is 8.94. The molecule has 2 heterocycles. The van der Waals surface area contributed by atoms with Crippen LogP contribution in [-0.4, -0.2) is 64.0 Å². The summed E-state index contributed by atoms with van der Waals surface area (Å²) >= 11 is 1.47. The Labute approximate surface area is 203 Å². The molecule has 34 heavy (non-hydrogen) atoms. The molecule has 2 aromatic heterocycles. The lowest BCUT2D eigenvalue weighted by Crippen LogP contribution is -2.36. The Morgan fingerprint density at radius 3 is 2.74 bits per heavy atom. The number of urea groups is 1. The van der Waals surface area contributed by atoms with Crippen LogP contribution in [0.5, 0.6) is 0 Å². The van der Waals surface area contributed by atoms with Crippen molar-refractivity contribution >= 4 is 34.0 Å². The first kappa shape index (κ1) is 25.6. The summed E-state index contributed by atoms with van der Waals surface area (Å²) in [6.45, 7) is 8.56. The average Bonchev–Trinajstić information content (AvgIpc) is 3.24. The molecule has 2 amide bonds. The Balaban J connectivity index is 1.99. The molecule has 0 aliphatic heterocycles. The van der Waals surface area contributed by atoms with Gasteiger partial charge >= 0.3 is 6.03 Å². The van der Waals surface area contributed by atoms with E-state index in [-0.39, 0.29) is 31.6 Å². The molecule has 1 aliphatic rings. The number of aromatic nitrogens is 3. The van der Waals surface area contributed by atoms with Crippen molar-refractivity contribution in [3.8, 4) is 10.6 Å². The van der Waals surface area contributed by atoms with Crippen molar-refractivity contribution in [2.24, 2.45) is 0 Å². The predicted molar refractivity (Wildman–Crippen MR) is 135 cm³/mol. The zero-order valence-corrected chi connectivity index (χ0v) is 20.7. The SMILES string of the molecule is CCNC(=O)NCC1=C(c2cc(-c3cnc(NC(C)C)s3)nc(NC[C@@H](C)O)n2)C=CC(F)C1. The predicted octanol–water partition coefficient (Wildman–Crippen LogP) is 3.58. The van der Waals surface area contributed by atoms with Gasteiger partial charge in [0, 0.05) is 43.9 Å². The van der Waals surface area contributed by atoms with E-state index in [9.17, 15) is 14.3 Å². The first-order chi connectivity index (χ1) is 16.2. The lowest BCUT2D eigenvalue weighted by atomic mass is 9.93. The maximum atomic E-state index is 14.2. The Hall–Kier alpha value is -3.05. The van der Waals surface area contributed by atoms with Crippen LogP contribution in [0.2, 0.25) is 0 Å². The van der Waals surface area contributed by atoms with Crippen LogP contribution in [0.3, 0.4) is 0 Å². The number of hydrogen-bond donors (Lipinski definition) is 5. The zero-order chi connectivity index (χ0) is 24.7. The highest BCUT2D eigenvalue weighted by molar-refractivity contribution is 7.18. The van der Waals surface area contributed by atoms with Gasteiger partial charge in [0.25, 0.3) is 0 Å². The fourth-order valence-electron chi connectivity index (χ4n) is 3.31. The third kappa shape index (κ3) is 7.22. The van der Waals surface area contributed by atoms with Crippen LogP contribution < -0.4 is 21.3 Å². The smallest absolute Gasteiger partial charge is 0.315 e. The van der Waals surface area contributed by atoms with Crippen LogP contribution in [0, 0.1) is 0 Å². The molecule has 0 spiro atoms. The van der Waals surface area contributed by atoms with Crippen molar-refractivity contribution in [3.05, 3.63) is 35.7 Å². The number of nitrogens with one attached hydrogen (secondary N) is 4. The topological polar surface area (TPSA) is 124 Å². The van der Waals surface area contributed by atoms with Gasteiger partial charge < -0.3 is 26.4 Å². The molecular formula is C23H32FN7O2S. The summed E-state index contributed by atoms with van der Waals surface area (Å²) in [4.78, 5) is 26.4. The van der Waals surface area contributed by atoms with Gasteiger partial charge in [-0.1, -0.05) is 17.4 Å². The number of thiazole rings is 1. The average molecular weight is 490 g/mol. The molecule has 5 N–H and O–H groups in total. The van der Waals surface area contributed by atoms with Gasteiger partial charge in [-0.15, -0.1) is 0 Å². The van der Waals surface area contributed by atoms with Crippen LogP contribution in [0.25, 0.3) is 16.1 Å². The first-order valence-electron chi connectivity index (χ1n) is 11.3. The van der Waals surface area contributed by atoms with Crippen molar-refractivity contribution in [2.75, 3.05) is 30.3 Å². The van der Waals surface area contributed by atoms with Crippen LogP contribution in [0.1, 0.15) is 39.8 Å². The largest absolute Gasteiger partial charge is 0.392 e.